The van der Waals surface area contributed by atoms with Gasteiger partial charge in [-0.2, -0.15) is 0 Å². The van der Waals surface area contributed by atoms with Crippen LogP contribution in [0.1, 0.15) is 95.1 Å². The Hall–Kier alpha value is -3.17. The van der Waals surface area contributed by atoms with Gasteiger partial charge in [-0.05, 0) is 84.9 Å². The van der Waals surface area contributed by atoms with Gasteiger partial charge in [-0.1, -0.05) is 101 Å². The number of sulfonamides is 1. The minimum absolute atomic E-state index is 0.0228. The number of hydrogen-bond acceptors (Lipinski definition) is 5. The van der Waals surface area contributed by atoms with Crippen LogP contribution in [0.2, 0.25) is 5.02 Å². The Balaban J connectivity index is 1.64. The molecule has 1 saturated heterocycles. The molecule has 3 aromatic carbocycles. The molecule has 1 aliphatic rings. The first-order chi connectivity index (χ1) is 23.0. The topological polar surface area (TPSA) is 93.1 Å². The summed E-state index contributed by atoms with van der Waals surface area (Å²) >= 11 is 6.80. The van der Waals surface area contributed by atoms with E-state index in [0.29, 0.717) is 29.7 Å². The second-order valence-corrected chi connectivity index (χ2v) is 17.3. The van der Waals surface area contributed by atoms with Crippen LogP contribution in [0.25, 0.3) is 0 Å². The number of aryl methyl sites for hydroxylation is 1. The lowest BCUT2D eigenvalue weighted by Gasteiger charge is -2.44. The monoisotopic (exact) mass is 709 g/mol. The molecule has 1 fully saturated rings. The van der Waals surface area contributed by atoms with Crippen molar-refractivity contribution in [1.82, 2.24) is 4.31 Å². The lowest BCUT2D eigenvalue weighted by atomic mass is 9.73. The molecule has 0 aromatic heterocycles. The molecule has 9 heteroatoms. The first kappa shape index (κ1) is 38.6. The zero-order valence-electron chi connectivity index (χ0n) is 29.9. The number of halogens is 1. The van der Waals surface area contributed by atoms with Gasteiger partial charge in [-0.15, -0.1) is 0 Å². The van der Waals surface area contributed by atoms with E-state index < -0.39 is 28.7 Å². The van der Waals surface area contributed by atoms with Gasteiger partial charge < -0.3 is 14.6 Å². The Bertz CT molecular complexity index is 1700. The minimum Gasteiger partial charge on any atom is -0.480 e. The predicted octanol–water partition coefficient (Wildman–Crippen LogP) is 9.21. The predicted molar refractivity (Wildman–Crippen MR) is 197 cm³/mol. The van der Waals surface area contributed by atoms with E-state index in [0.717, 1.165) is 41.5 Å². The summed E-state index contributed by atoms with van der Waals surface area (Å²) < 4.78 is 41.3. The van der Waals surface area contributed by atoms with Crippen LogP contribution in [-0.2, 0) is 31.4 Å². The lowest BCUT2D eigenvalue weighted by molar-refractivity contribution is -0.139. The molecule has 0 amide bonds. The number of hydrogen-bond donors (Lipinski definition) is 1. The van der Waals surface area contributed by atoms with E-state index >= 15 is 0 Å². The fourth-order valence-electron chi connectivity index (χ4n) is 6.59. The van der Waals surface area contributed by atoms with Gasteiger partial charge in [-0.3, -0.25) is 0 Å². The number of ether oxygens (including phenoxy) is 2. The first-order valence-corrected chi connectivity index (χ1v) is 18.9. The number of carbonyl (C=O) groups is 1. The highest BCUT2D eigenvalue weighted by Gasteiger charge is 2.42. The summed E-state index contributed by atoms with van der Waals surface area (Å²) in [7, 11) is -2.03. The molecule has 4 rings (SSSR count). The molecule has 7 nitrogen and oxygen atoms in total. The summed E-state index contributed by atoms with van der Waals surface area (Å²) in [4.78, 5) is 11.8. The van der Waals surface area contributed by atoms with Crippen LogP contribution in [0.5, 0.6) is 5.75 Å². The van der Waals surface area contributed by atoms with Crippen molar-refractivity contribution in [3.63, 3.8) is 0 Å². The van der Waals surface area contributed by atoms with Crippen LogP contribution in [0.15, 0.2) is 83.8 Å². The van der Waals surface area contributed by atoms with Gasteiger partial charge in [0.25, 0.3) is 0 Å². The average Bonchev–Trinajstić information content (AvgIpc) is 3.03. The summed E-state index contributed by atoms with van der Waals surface area (Å²) in [5.41, 5.74) is 4.60. The maximum atomic E-state index is 13.5. The van der Waals surface area contributed by atoms with E-state index in [1.165, 1.54) is 9.87 Å². The van der Waals surface area contributed by atoms with E-state index in [4.69, 9.17) is 21.1 Å². The minimum atomic E-state index is -3.66. The third-order valence-corrected chi connectivity index (χ3v) is 11.5. The Labute approximate surface area is 298 Å². The zero-order valence-corrected chi connectivity index (χ0v) is 31.5. The number of nitrogens with zero attached hydrogens (tertiary/aromatic N) is 1. The summed E-state index contributed by atoms with van der Waals surface area (Å²) in [6.45, 7) is 16.8. The van der Waals surface area contributed by atoms with Crippen molar-refractivity contribution < 1.29 is 27.8 Å². The van der Waals surface area contributed by atoms with Crippen molar-refractivity contribution >= 4 is 27.6 Å². The lowest BCUT2D eigenvalue weighted by Crippen LogP contribution is -2.37. The zero-order chi connectivity index (χ0) is 36.1. The Morgan fingerprint density at radius 3 is 2.33 bits per heavy atom. The van der Waals surface area contributed by atoms with Gasteiger partial charge in [0.05, 0.1) is 22.1 Å². The second kappa shape index (κ2) is 16.2. The van der Waals surface area contributed by atoms with Crippen molar-refractivity contribution in [2.24, 2.45) is 11.8 Å². The van der Waals surface area contributed by atoms with Gasteiger partial charge in [0.15, 0.2) is 6.61 Å². The molecule has 0 unspecified atom stereocenters. The van der Waals surface area contributed by atoms with Gasteiger partial charge in [0, 0.05) is 31.0 Å². The number of carboxylic acids is 1. The standard InChI is InChI=1S/C40H52ClNO6S/c1-26(2)21-36-33(29-16-18-31(19-17-29)49(45,46)42(8)20-12-15-28-13-10-9-11-14-28)24-32(27(3)4)38(48-36)34-22-30(40(5,6)7)23-35(41)39(34)47-25-37(43)44/h9-11,13-14,16-19,22-23,26,32-33,36,38H,3,12,15,20-21,24-25H2,1-2,4-8H3,(H,43,44)/t32-,33-,36+,38+/m0/s1. The van der Waals surface area contributed by atoms with Crippen molar-refractivity contribution in [3.8, 4) is 5.75 Å². The Kier molecular flexibility index (Phi) is 12.8. The van der Waals surface area contributed by atoms with E-state index in [9.17, 15) is 18.3 Å². The van der Waals surface area contributed by atoms with Crippen molar-refractivity contribution in [2.75, 3.05) is 20.2 Å². The van der Waals surface area contributed by atoms with E-state index in [1.54, 1.807) is 19.2 Å². The van der Waals surface area contributed by atoms with E-state index in [2.05, 4.69) is 53.3 Å². The third-order valence-electron chi connectivity index (χ3n) is 9.36. The molecule has 0 spiro atoms. The number of carboxylic acid groups (broad SMARTS) is 1. The number of aliphatic carboxylic acids is 1. The summed E-state index contributed by atoms with van der Waals surface area (Å²) in [5, 5.41) is 9.76. The van der Waals surface area contributed by atoms with Gasteiger partial charge in [-0.25, -0.2) is 17.5 Å². The third kappa shape index (κ3) is 9.75. The molecule has 1 aliphatic heterocycles. The smallest absolute Gasteiger partial charge is 0.341 e. The van der Waals surface area contributed by atoms with Crippen molar-refractivity contribution in [2.45, 2.75) is 95.7 Å². The molecule has 1 heterocycles. The van der Waals surface area contributed by atoms with Gasteiger partial charge in [0.1, 0.15) is 5.75 Å². The fourth-order valence-corrected chi connectivity index (χ4v) is 8.09. The molecule has 1 N–H and O–H groups in total. The summed E-state index contributed by atoms with van der Waals surface area (Å²) in [6, 6.07) is 21.2. The van der Waals surface area contributed by atoms with Crippen LogP contribution >= 0.6 is 11.6 Å². The van der Waals surface area contributed by atoms with Crippen LogP contribution in [0, 0.1) is 11.8 Å². The van der Waals surface area contributed by atoms with Crippen molar-refractivity contribution in [1.29, 1.82) is 0 Å². The highest BCUT2D eigenvalue weighted by molar-refractivity contribution is 7.89. The molecule has 0 aliphatic carbocycles. The number of benzene rings is 3. The van der Waals surface area contributed by atoms with Crippen LogP contribution < -0.4 is 4.74 Å². The maximum absolute atomic E-state index is 13.5. The van der Waals surface area contributed by atoms with E-state index in [-0.39, 0.29) is 28.3 Å². The Morgan fingerprint density at radius 1 is 1.10 bits per heavy atom. The summed E-state index contributed by atoms with van der Waals surface area (Å²) in [5.74, 6) is -0.607. The highest BCUT2D eigenvalue weighted by Crippen LogP contribution is 2.51. The summed E-state index contributed by atoms with van der Waals surface area (Å²) in [6.07, 6.45) is 2.34. The molecule has 266 valence electrons. The highest BCUT2D eigenvalue weighted by atomic mass is 35.5. The second-order valence-electron chi connectivity index (χ2n) is 14.8. The maximum Gasteiger partial charge on any atom is 0.341 e. The molecule has 3 aromatic rings. The normalized spacial score (nSPS) is 20.0. The SMILES string of the molecule is C=C(C)[C@@H]1C[C@@H](c2ccc(S(=O)(=O)N(C)CCCc3ccccc3)cc2)[C@@H](CC(C)C)O[C@H]1c1cc(C(C)(C)C)cc(Cl)c1OCC(=O)O. The molecular formula is C40H52ClNO6S. The molecule has 0 bridgehead atoms. The first-order valence-electron chi connectivity index (χ1n) is 17.1. The average molecular weight is 710 g/mol. The largest absolute Gasteiger partial charge is 0.480 e. The molecule has 49 heavy (non-hydrogen) atoms. The number of rotatable bonds is 14. The molecule has 4 atom stereocenters. The van der Waals surface area contributed by atoms with Crippen LogP contribution in [0.3, 0.4) is 0 Å². The van der Waals surface area contributed by atoms with Crippen LogP contribution in [-0.4, -0.2) is 50.1 Å². The van der Waals surface area contributed by atoms with Gasteiger partial charge in [0.2, 0.25) is 10.0 Å². The molecule has 0 saturated carbocycles. The molecular weight excluding hydrogens is 658 g/mol. The quantitative estimate of drug-likeness (QED) is 0.168. The fraction of sp³-hybridized carbons (Fsp3) is 0.475. The van der Waals surface area contributed by atoms with Crippen LogP contribution in [0.4, 0.5) is 0 Å². The molecule has 0 radical (unpaired) electrons. The van der Waals surface area contributed by atoms with Gasteiger partial charge >= 0.3 is 5.97 Å². The Morgan fingerprint density at radius 2 is 1.76 bits per heavy atom. The van der Waals surface area contributed by atoms with E-state index in [1.807, 2.05) is 49.4 Å². The van der Waals surface area contributed by atoms with Crippen molar-refractivity contribution in [3.05, 3.63) is 106 Å².